The van der Waals surface area contributed by atoms with E-state index in [4.69, 9.17) is 0 Å². The van der Waals surface area contributed by atoms with E-state index in [0.717, 1.165) is 16.8 Å². The summed E-state index contributed by atoms with van der Waals surface area (Å²) in [6.07, 6.45) is 3.38. The Morgan fingerprint density at radius 3 is 2.31 bits per heavy atom. The number of benzene rings is 1. The number of rotatable bonds is 3. The Labute approximate surface area is 97.6 Å². The molecule has 0 saturated heterocycles. The van der Waals surface area contributed by atoms with Gasteiger partial charge in [-0.25, -0.2) is 0 Å². The lowest BCUT2D eigenvalue weighted by atomic mass is 10.1. The molecule has 16 heavy (non-hydrogen) atoms. The van der Waals surface area contributed by atoms with Crippen LogP contribution in [-0.4, -0.2) is 12.5 Å². The number of carbonyl (C=O) groups excluding carboxylic acids is 1. The van der Waals surface area contributed by atoms with Gasteiger partial charge in [-0.05, 0) is 44.9 Å². The average Bonchev–Trinajstić information content (AvgIpc) is 2.24. The summed E-state index contributed by atoms with van der Waals surface area (Å²) in [5, 5.41) is 0. The Bertz CT molecular complexity index is 387. The Balaban J connectivity index is 3.18. The maximum absolute atomic E-state index is 11.9. The third kappa shape index (κ3) is 2.51. The second-order valence-electron chi connectivity index (χ2n) is 3.82. The lowest BCUT2D eigenvalue weighted by Gasteiger charge is -2.23. The first-order valence-electron chi connectivity index (χ1n) is 5.62. The third-order valence-corrected chi connectivity index (χ3v) is 2.60. The summed E-state index contributed by atoms with van der Waals surface area (Å²) in [7, 11) is 0. The number of allylic oxidation sites excluding steroid dienone is 1. The Morgan fingerprint density at radius 2 is 1.88 bits per heavy atom. The summed E-state index contributed by atoms with van der Waals surface area (Å²) < 4.78 is 0. The normalized spacial score (nSPS) is 10.8. The molecule has 1 rings (SSSR count). The summed E-state index contributed by atoms with van der Waals surface area (Å²) >= 11 is 0. The Morgan fingerprint density at radius 1 is 1.31 bits per heavy atom. The van der Waals surface area contributed by atoms with Crippen LogP contribution in [0.25, 0.3) is 0 Å². The molecule has 0 radical (unpaired) electrons. The number of aryl methyl sites for hydroxylation is 2. The zero-order valence-corrected chi connectivity index (χ0v) is 10.4. The van der Waals surface area contributed by atoms with E-state index in [1.54, 1.807) is 12.2 Å². The molecule has 1 amide bonds. The van der Waals surface area contributed by atoms with Crippen molar-refractivity contribution in [2.75, 3.05) is 11.4 Å². The fraction of sp³-hybridized carbons (Fsp3) is 0.357. The van der Waals surface area contributed by atoms with Gasteiger partial charge in [0.25, 0.3) is 5.91 Å². The molecule has 0 heterocycles. The fourth-order valence-electron chi connectivity index (χ4n) is 1.89. The van der Waals surface area contributed by atoms with Gasteiger partial charge in [0.1, 0.15) is 0 Å². The largest absolute Gasteiger partial charge is 0.309 e. The van der Waals surface area contributed by atoms with E-state index in [-0.39, 0.29) is 5.91 Å². The smallest absolute Gasteiger partial charge is 0.250 e. The van der Waals surface area contributed by atoms with E-state index in [9.17, 15) is 4.79 Å². The molecule has 0 unspecified atom stereocenters. The van der Waals surface area contributed by atoms with Crippen molar-refractivity contribution in [3.05, 3.63) is 41.5 Å². The van der Waals surface area contributed by atoms with E-state index in [1.807, 2.05) is 50.8 Å². The van der Waals surface area contributed by atoms with Gasteiger partial charge in [-0.2, -0.15) is 0 Å². The van der Waals surface area contributed by atoms with Crippen molar-refractivity contribution in [1.29, 1.82) is 0 Å². The Kier molecular flexibility index (Phi) is 4.29. The molecule has 0 atom stereocenters. The van der Waals surface area contributed by atoms with Crippen LogP contribution in [-0.2, 0) is 4.79 Å². The van der Waals surface area contributed by atoms with Crippen molar-refractivity contribution in [3.8, 4) is 0 Å². The van der Waals surface area contributed by atoms with Gasteiger partial charge in [0.15, 0.2) is 0 Å². The van der Waals surface area contributed by atoms with Crippen LogP contribution in [0, 0.1) is 13.8 Å². The average molecular weight is 217 g/mol. The highest BCUT2D eigenvalue weighted by Crippen LogP contribution is 2.24. The minimum Gasteiger partial charge on any atom is -0.309 e. The second-order valence-corrected chi connectivity index (χ2v) is 3.82. The quantitative estimate of drug-likeness (QED) is 0.712. The molecule has 0 saturated carbocycles. The standard InChI is InChI=1S/C14H19NO/c1-5-8-13(16)15(6-2)14-11(3)9-7-10-12(14)4/h5,7-10H,6H2,1-4H3/b8-5+. The molecule has 0 fully saturated rings. The second kappa shape index (κ2) is 5.50. The first-order valence-corrected chi connectivity index (χ1v) is 5.62. The molecule has 0 aliphatic heterocycles. The number of nitrogens with zero attached hydrogens (tertiary/aromatic N) is 1. The minimum atomic E-state index is 0.0439. The zero-order valence-electron chi connectivity index (χ0n) is 10.4. The van der Waals surface area contributed by atoms with Crippen LogP contribution in [0.4, 0.5) is 5.69 Å². The predicted octanol–water partition coefficient (Wildman–Crippen LogP) is 3.23. The molecule has 0 aliphatic rings. The summed E-state index contributed by atoms with van der Waals surface area (Å²) in [5.41, 5.74) is 3.31. The lowest BCUT2D eigenvalue weighted by Crippen LogP contribution is -2.30. The van der Waals surface area contributed by atoms with Gasteiger partial charge in [-0.15, -0.1) is 0 Å². The lowest BCUT2D eigenvalue weighted by molar-refractivity contribution is -0.114. The van der Waals surface area contributed by atoms with E-state index in [0.29, 0.717) is 6.54 Å². The fourth-order valence-corrected chi connectivity index (χ4v) is 1.89. The maximum atomic E-state index is 11.9. The first kappa shape index (κ1) is 12.5. The first-order chi connectivity index (χ1) is 7.61. The number of hydrogen-bond acceptors (Lipinski definition) is 1. The minimum absolute atomic E-state index is 0.0439. The number of hydrogen-bond donors (Lipinski definition) is 0. The highest BCUT2D eigenvalue weighted by atomic mass is 16.2. The van der Waals surface area contributed by atoms with Crippen LogP contribution in [0.2, 0.25) is 0 Å². The third-order valence-electron chi connectivity index (χ3n) is 2.60. The highest BCUT2D eigenvalue weighted by molar-refractivity contribution is 6.02. The number of para-hydroxylation sites is 1. The highest BCUT2D eigenvalue weighted by Gasteiger charge is 2.14. The topological polar surface area (TPSA) is 20.3 Å². The van der Waals surface area contributed by atoms with Gasteiger partial charge in [0.2, 0.25) is 0 Å². The van der Waals surface area contributed by atoms with Crippen molar-refractivity contribution in [1.82, 2.24) is 0 Å². The van der Waals surface area contributed by atoms with E-state index < -0.39 is 0 Å². The molecule has 0 spiro atoms. The number of carbonyl (C=O) groups is 1. The van der Waals surface area contributed by atoms with Crippen molar-refractivity contribution in [2.24, 2.45) is 0 Å². The van der Waals surface area contributed by atoms with Crippen molar-refractivity contribution >= 4 is 11.6 Å². The summed E-state index contributed by atoms with van der Waals surface area (Å²) in [5.74, 6) is 0.0439. The number of amides is 1. The molecular formula is C14H19NO. The van der Waals surface area contributed by atoms with Crippen LogP contribution in [0.1, 0.15) is 25.0 Å². The molecule has 1 aromatic rings. The summed E-state index contributed by atoms with van der Waals surface area (Å²) in [6.45, 7) is 8.61. The van der Waals surface area contributed by atoms with Gasteiger partial charge in [0, 0.05) is 12.2 Å². The predicted molar refractivity (Wildman–Crippen MR) is 68.8 cm³/mol. The van der Waals surface area contributed by atoms with Crippen LogP contribution in [0.3, 0.4) is 0 Å². The van der Waals surface area contributed by atoms with Gasteiger partial charge >= 0.3 is 0 Å². The van der Waals surface area contributed by atoms with Gasteiger partial charge in [-0.3, -0.25) is 4.79 Å². The molecule has 1 aromatic carbocycles. The van der Waals surface area contributed by atoms with Gasteiger partial charge in [-0.1, -0.05) is 24.3 Å². The van der Waals surface area contributed by atoms with E-state index in [1.165, 1.54) is 0 Å². The zero-order chi connectivity index (χ0) is 12.1. The van der Waals surface area contributed by atoms with E-state index in [2.05, 4.69) is 0 Å². The molecule has 0 bridgehead atoms. The van der Waals surface area contributed by atoms with Crippen LogP contribution >= 0.6 is 0 Å². The monoisotopic (exact) mass is 217 g/mol. The van der Waals surface area contributed by atoms with Crippen LogP contribution in [0.5, 0.6) is 0 Å². The number of likely N-dealkylation sites (N-methyl/N-ethyl adjacent to an activating group) is 1. The van der Waals surface area contributed by atoms with Gasteiger partial charge in [0.05, 0.1) is 0 Å². The molecule has 0 aromatic heterocycles. The molecular weight excluding hydrogens is 198 g/mol. The molecule has 0 aliphatic carbocycles. The maximum Gasteiger partial charge on any atom is 0.250 e. The van der Waals surface area contributed by atoms with Crippen molar-refractivity contribution in [2.45, 2.75) is 27.7 Å². The van der Waals surface area contributed by atoms with Crippen LogP contribution in [0.15, 0.2) is 30.4 Å². The van der Waals surface area contributed by atoms with Crippen molar-refractivity contribution < 1.29 is 4.79 Å². The Hall–Kier alpha value is -1.57. The molecule has 86 valence electrons. The van der Waals surface area contributed by atoms with Crippen LogP contribution < -0.4 is 4.90 Å². The van der Waals surface area contributed by atoms with E-state index >= 15 is 0 Å². The van der Waals surface area contributed by atoms with Gasteiger partial charge < -0.3 is 4.90 Å². The summed E-state index contributed by atoms with van der Waals surface area (Å²) in [6, 6.07) is 6.09. The summed E-state index contributed by atoms with van der Waals surface area (Å²) in [4.78, 5) is 13.7. The SMILES string of the molecule is C/C=C/C(=O)N(CC)c1c(C)cccc1C. The van der Waals surface area contributed by atoms with Crippen molar-refractivity contribution in [3.63, 3.8) is 0 Å². The molecule has 2 nitrogen and oxygen atoms in total. The number of anilines is 1. The molecule has 2 heteroatoms. The molecule has 0 N–H and O–H groups in total.